The largest absolute Gasteiger partial charge is 0.486 e. The predicted octanol–water partition coefficient (Wildman–Crippen LogP) is 2.34. The van der Waals surface area contributed by atoms with Crippen LogP contribution in [0.15, 0.2) is 24.3 Å². The normalized spacial score (nSPS) is 22.4. The van der Waals surface area contributed by atoms with E-state index in [1.165, 1.54) is 6.42 Å². The van der Waals surface area contributed by atoms with Crippen LogP contribution in [0.3, 0.4) is 0 Å². The lowest BCUT2D eigenvalue weighted by atomic mass is 9.81. The van der Waals surface area contributed by atoms with E-state index in [1.54, 1.807) is 0 Å². The van der Waals surface area contributed by atoms with Crippen LogP contribution in [0.4, 0.5) is 0 Å². The van der Waals surface area contributed by atoms with Gasteiger partial charge < -0.3 is 20.1 Å². The van der Waals surface area contributed by atoms with Crippen LogP contribution in [-0.4, -0.2) is 42.1 Å². The van der Waals surface area contributed by atoms with Crippen LogP contribution < -0.4 is 15.2 Å². The Bertz CT molecular complexity index is 555. The van der Waals surface area contributed by atoms with Crippen molar-refractivity contribution in [3.63, 3.8) is 0 Å². The number of hydrogen-bond acceptors (Lipinski definition) is 4. The van der Waals surface area contributed by atoms with Gasteiger partial charge in [-0.25, -0.2) is 0 Å². The lowest BCUT2D eigenvalue weighted by molar-refractivity contribution is -0.139. The minimum Gasteiger partial charge on any atom is -0.486 e. The number of nitrogens with zero attached hydrogens (tertiary/aromatic N) is 1. The van der Waals surface area contributed by atoms with Crippen molar-refractivity contribution in [3.05, 3.63) is 24.3 Å². The summed E-state index contributed by atoms with van der Waals surface area (Å²) >= 11 is 0. The standard InChI is InChI=1S/C18H26N2O3/c1-2-20(17(21)18(19)10-6-3-7-11-18)12-14-13-22-15-8-4-5-9-16(15)23-14/h4-5,8-9,14H,2-3,6-7,10-13,19H2,1H3. The van der Waals surface area contributed by atoms with E-state index in [9.17, 15) is 4.79 Å². The second kappa shape index (κ2) is 6.79. The first-order valence-electron chi connectivity index (χ1n) is 8.59. The minimum atomic E-state index is -0.693. The quantitative estimate of drug-likeness (QED) is 0.925. The number of benzene rings is 1. The zero-order valence-corrected chi connectivity index (χ0v) is 13.8. The molecule has 0 aromatic heterocycles. The van der Waals surface area contributed by atoms with E-state index in [4.69, 9.17) is 15.2 Å². The second-order valence-electron chi connectivity index (χ2n) is 6.56. The average molecular weight is 318 g/mol. The summed E-state index contributed by atoms with van der Waals surface area (Å²) in [6.07, 6.45) is 4.67. The topological polar surface area (TPSA) is 64.8 Å². The van der Waals surface area contributed by atoms with Crippen LogP contribution in [0.2, 0.25) is 0 Å². The van der Waals surface area contributed by atoms with Crippen molar-refractivity contribution in [2.24, 2.45) is 5.73 Å². The fraction of sp³-hybridized carbons (Fsp3) is 0.611. The van der Waals surface area contributed by atoms with Gasteiger partial charge in [0, 0.05) is 6.54 Å². The molecular weight excluding hydrogens is 292 g/mol. The molecule has 5 nitrogen and oxygen atoms in total. The molecule has 1 aliphatic heterocycles. The van der Waals surface area contributed by atoms with Gasteiger partial charge in [0.1, 0.15) is 6.61 Å². The molecule has 2 aliphatic rings. The first-order chi connectivity index (χ1) is 11.1. The summed E-state index contributed by atoms with van der Waals surface area (Å²) < 4.78 is 11.7. The molecule has 1 heterocycles. The van der Waals surface area contributed by atoms with E-state index in [1.807, 2.05) is 36.1 Å². The summed E-state index contributed by atoms with van der Waals surface area (Å²) in [5.74, 6) is 1.57. The minimum absolute atomic E-state index is 0.0576. The molecule has 0 spiro atoms. The number of carbonyl (C=O) groups excluding carboxylic acids is 1. The highest BCUT2D eigenvalue weighted by Gasteiger charge is 2.39. The highest BCUT2D eigenvalue weighted by atomic mass is 16.6. The summed E-state index contributed by atoms with van der Waals surface area (Å²) in [4.78, 5) is 14.7. The summed E-state index contributed by atoms with van der Waals surface area (Å²) in [6, 6.07) is 7.63. The fourth-order valence-electron chi connectivity index (χ4n) is 3.47. The molecular formula is C18H26N2O3. The van der Waals surface area contributed by atoms with Gasteiger partial charge in [0.05, 0.1) is 12.1 Å². The van der Waals surface area contributed by atoms with Gasteiger partial charge in [-0.3, -0.25) is 4.79 Å². The number of para-hydroxylation sites is 2. The van der Waals surface area contributed by atoms with Gasteiger partial charge >= 0.3 is 0 Å². The third-order valence-electron chi connectivity index (χ3n) is 4.83. The van der Waals surface area contributed by atoms with Crippen molar-refractivity contribution in [2.45, 2.75) is 50.7 Å². The molecule has 23 heavy (non-hydrogen) atoms. The lowest BCUT2D eigenvalue weighted by Crippen LogP contribution is -2.58. The number of rotatable bonds is 4. The Hall–Kier alpha value is -1.75. The van der Waals surface area contributed by atoms with Gasteiger partial charge in [-0.15, -0.1) is 0 Å². The molecule has 1 saturated carbocycles. The maximum Gasteiger partial charge on any atom is 0.242 e. The second-order valence-corrected chi connectivity index (χ2v) is 6.56. The van der Waals surface area contributed by atoms with Crippen molar-refractivity contribution < 1.29 is 14.3 Å². The van der Waals surface area contributed by atoms with Gasteiger partial charge in [-0.05, 0) is 31.9 Å². The molecule has 1 aromatic rings. The maximum absolute atomic E-state index is 12.9. The first kappa shape index (κ1) is 16.1. The Morgan fingerprint density at radius 3 is 2.65 bits per heavy atom. The molecule has 1 aliphatic carbocycles. The van der Waals surface area contributed by atoms with Gasteiger partial charge in [-0.1, -0.05) is 31.4 Å². The Balaban J connectivity index is 1.65. The Labute approximate surface area is 137 Å². The van der Waals surface area contributed by atoms with Crippen molar-refractivity contribution in [3.8, 4) is 11.5 Å². The number of carbonyl (C=O) groups is 1. The van der Waals surface area contributed by atoms with Crippen molar-refractivity contribution >= 4 is 5.91 Å². The monoisotopic (exact) mass is 318 g/mol. The maximum atomic E-state index is 12.9. The Kier molecular flexibility index (Phi) is 4.76. The van der Waals surface area contributed by atoms with E-state index in [-0.39, 0.29) is 12.0 Å². The Morgan fingerprint density at radius 2 is 1.96 bits per heavy atom. The summed E-state index contributed by atoms with van der Waals surface area (Å²) in [7, 11) is 0. The molecule has 1 aromatic carbocycles. The number of fused-ring (bicyclic) bond motifs is 1. The van der Waals surface area contributed by atoms with Gasteiger partial charge in [0.25, 0.3) is 0 Å². The van der Waals surface area contributed by atoms with Crippen LogP contribution >= 0.6 is 0 Å². The number of likely N-dealkylation sites (N-methyl/N-ethyl adjacent to an activating group) is 1. The Morgan fingerprint density at radius 1 is 1.26 bits per heavy atom. The SMILES string of the molecule is CCN(CC1COc2ccccc2O1)C(=O)C1(N)CCCCC1. The number of amides is 1. The van der Waals surface area contributed by atoms with E-state index in [2.05, 4.69) is 0 Å². The first-order valence-corrected chi connectivity index (χ1v) is 8.59. The molecule has 2 N–H and O–H groups in total. The predicted molar refractivity (Wildman–Crippen MR) is 88.6 cm³/mol. The van der Waals surface area contributed by atoms with E-state index in [0.717, 1.165) is 37.2 Å². The fourth-order valence-corrected chi connectivity index (χ4v) is 3.47. The highest BCUT2D eigenvalue weighted by Crippen LogP contribution is 2.32. The zero-order chi connectivity index (χ0) is 16.3. The van der Waals surface area contributed by atoms with Crippen LogP contribution in [0, 0.1) is 0 Å². The molecule has 0 bridgehead atoms. The van der Waals surface area contributed by atoms with Crippen LogP contribution in [0.5, 0.6) is 11.5 Å². The molecule has 1 atom stereocenters. The number of nitrogens with two attached hydrogens (primary N) is 1. The van der Waals surface area contributed by atoms with Crippen LogP contribution in [-0.2, 0) is 4.79 Å². The highest BCUT2D eigenvalue weighted by molar-refractivity contribution is 5.86. The van der Waals surface area contributed by atoms with Crippen molar-refractivity contribution in [1.29, 1.82) is 0 Å². The molecule has 3 rings (SSSR count). The molecule has 1 fully saturated rings. The summed E-state index contributed by atoms with van der Waals surface area (Å²) in [5, 5.41) is 0. The van der Waals surface area contributed by atoms with Crippen LogP contribution in [0.25, 0.3) is 0 Å². The summed E-state index contributed by atoms with van der Waals surface area (Å²) in [6.45, 7) is 3.60. The molecule has 0 saturated heterocycles. The molecule has 1 unspecified atom stereocenters. The van der Waals surface area contributed by atoms with Gasteiger partial charge in [-0.2, -0.15) is 0 Å². The smallest absolute Gasteiger partial charge is 0.242 e. The van der Waals surface area contributed by atoms with Crippen molar-refractivity contribution in [1.82, 2.24) is 4.90 Å². The molecule has 0 radical (unpaired) electrons. The molecule has 1 amide bonds. The number of ether oxygens (including phenoxy) is 2. The third kappa shape index (κ3) is 3.44. The van der Waals surface area contributed by atoms with Crippen molar-refractivity contribution in [2.75, 3.05) is 19.7 Å². The van der Waals surface area contributed by atoms with E-state index < -0.39 is 5.54 Å². The van der Waals surface area contributed by atoms with E-state index in [0.29, 0.717) is 19.7 Å². The third-order valence-corrected chi connectivity index (χ3v) is 4.83. The van der Waals surface area contributed by atoms with E-state index >= 15 is 0 Å². The summed E-state index contributed by atoms with van der Waals surface area (Å²) in [5.41, 5.74) is 5.70. The molecule has 126 valence electrons. The van der Waals surface area contributed by atoms with Gasteiger partial charge in [0.2, 0.25) is 5.91 Å². The molecule has 5 heteroatoms. The average Bonchev–Trinajstić information content (AvgIpc) is 2.59. The number of hydrogen-bond donors (Lipinski definition) is 1. The van der Waals surface area contributed by atoms with Gasteiger partial charge in [0.15, 0.2) is 17.6 Å². The lowest BCUT2D eigenvalue weighted by Gasteiger charge is -2.38. The van der Waals surface area contributed by atoms with Crippen LogP contribution in [0.1, 0.15) is 39.0 Å². The zero-order valence-electron chi connectivity index (χ0n) is 13.8.